The van der Waals surface area contributed by atoms with E-state index in [1.807, 2.05) is 13.8 Å². The van der Waals surface area contributed by atoms with Crippen molar-refractivity contribution in [1.29, 1.82) is 0 Å². The lowest BCUT2D eigenvalue weighted by Gasteiger charge is -2.11. The van der Waals surface area contributed by atoms with Gasteiger partial charge in [-0.2, -0.15) is 0 Å². The van der Waals surface area contributed by atoms with Gasteiger partial charge in [-0.05, 0) is 18.9 Å². The number of hydrogen-bond donors (Lipinski definition) is 1. The normalized spacial score (nSPS) is 26.8. The highest BCUT2D eigenvalue weighted by Crippen LogP contribution is 2.47. The largest absolute Gasteiger partial charge is 0.385 e. The van der Waals surface area contributed by atoms with Gasteiger partial charge >= 0.3 is 0 Å². The van der Waals surface area contributed by atoms with Crippen LogP contribution in [-0.2, 0) is 10.3 Å². The Morgan fingerprint density at radius 2 is 2.00 bits per heavy atom. The van der Waals surface area contributed by atoms with E-state index in [1.54, 1.807) is 0 Å². The Labute approximate surface area is 91.6 Å². The van der Waals surface area contributed by atoms with Crippen molar-refractivity contribution in [2.75, 3.05) is 18.5 Å². The lowest BCUT2D eigenvalue weighted by molar-refractivity contribution is 0.293. The molecule has 0 saturated carbocycles. The van der Waals surface area contributed by atoms with Crippen LogP contribution in [0.3, 0.4) is 0 Å². The summed E-state index contributed by atoms with van der Waals surface area (Å²) in [4.78, 5) is 0. The number of anilines is 1. The molecule has 0 amide bonds. The highest BCUT2D eigenvalue weighted by atomic mass is 16.6. The summed E-state index contributed by atoms with van der Waals surface area (Å²) in [5, 5.41) is 3.44. The average Bonchev–Trinajstić information content (AvgIpc) is 3.11. The third-order valence-electron chi connectivity index (χ3n) is 2.98. The molecule has 0 aliphatic carbocycles. The number of benzene rings is 1. The Balaban J connectivity index is 0.000000404. The van der Waals surface area contributed by atoms with Crippen molar-refractivity contribution in [3.8, 4) is 0 Å². The molecule has 15 heavy (non-hydrogen) atoms. The van der Waals surface area contributed by atoms with Crippen LogP contribution in [0, 0.1) is 0 Å². The number of para-hydroxylation sites is 1. The molecule has 2 heterocycles. The van der Waals surface area contributed by atoms with Gasteiger partial charge in [-0.25, -0.2) is 0 Å². The molecule has 82 valence electrons. The van der Waals surface area contributed by atoms with Gasteiger partial charge in [0.05, 0.1) is 6.61 Å². The van der Waals surface area contributed by atoms with Gasteiger partial charge in [-0.1, -0.05) is 32.0 Å². The zero-order chi connectivity index (χ0) is 10.7. The van der Waals surface area contributed by atoms with Crippen molar-refractivity contribution in [1.82, 2.24) is 0 Å². The van der Waals surface area contributed by atoms with Crippen LogP contribution in [0.1, 0.15) is 32.3 Å². The Morgan fingerprint density at radius 3 is 2.73 bits per heavy atom. The van der Waals surface area contributed by atoms with Gasteiger partial charge < -0.3 is 10.1 Å². The molecular formula is C13H19NO. The Morgan fingerprint density at radius 1 is 1.27 bits per heavy atom. The molecule has 2 nitrogen and oxygen atoms in total. The molecule has 0 radical (unpaired) electrons. The van der Waals surface area contributed by atoms with E-state index < -0.39 is 0 Å². The van der Waals surface area contributed by atoms with E-state index in [4.69, 9.17) is 4.74 Å². The van der Waals surface area contributed by atoms with E-state index in [2.05, 4.69) is 29.6 Å². The number of nitrogens with one attached hydrogen (secondary N) is 1. The van der Waals surface area contributed by atoms with E-state index in [0.29, 0.717) is 0 Å². The molecule has 1 saturated heterocycles. The minimum absolute atomic E-state index is 0.0834. The first kappa shape index (κ1) is 10.5. The standard InChI is InChI=1S/C11H13NO.C2H6/c1-2-5-10-9(4-1)11(8-13-11)6-3-7-12-10;1-2/h1-2,4-5,12H,3,6-8H2;1-2H3. The van der Waals surface area contributed by atoms with Gasteiger partial charge in [0.15, 0.2) is 0 Å². The second kappa shape index (κ2) is 4.23. The molecule has 1 atom stereocenters. The third-order valence-corrected chi connectivity index (χ3v) is 2.98. The fourth-order valence-corrected chi connectivity index (χ4v) is 2.15. The van der Waals surface area contributed by atoms with Crippen LogP contribution in [0.25, 0.3) is 0 Å². The predicted molar refractivity (Wildman–Crippen MR) is 63.1 cm³/mol. The molecule has 3 rings (SSSR count). The Bertz CT molecular complexity index is 331. The lowest BCUT2D eigenvalue weighted by Crippen LogP contribution is -2.07. The molecule has 1 fully saturated rings. The summed E-state index contributed by atoms with van der Waals surface area (Å²) in [6.45, 7) is 5.98. The molecular weight excluding hydrogens is 186 g/mol. The highest BCUT2D eigenvalue weighted by molar-refractivity contribution is 5.56. The van der Waals surface area contributed by atoms with Crippen molar-refractivity contribution >= 4 is 5.69 Å². The summed E-state index contributed by atoms with van der Waals surface area (Å²) >= 11 is 0. The number of hydrogen-bond acceptors (Lipinski definition) is 2. The van der Waals surface area contributed by atoms with Crippen molar-refractivity contribution in [2.24, 2.45) is 0 Å². The van der Waals surface area contributed by atoms with Gasteiger partial charge in [-0.15, -0.1) is 0 Å². The van der Waals surface area contributed by atoms with Crippen molar-refractivity contribution in [2.45, 2.75) is 32.3 Å². The first-order chi connectivity index (χ1) is 7.41. The van der Waals surface area contributed by atoms with Gasteiger partial charge in [0.2, 0.25) is 0 Å². The van der Waals surface area contributed by atoms with Crippen LogP contribution in [0.15, 0.2) is 24.3 Å². The minimum atomic E-state index is 0.0834. The first-order valence-corrected chi connectivity index (χ1v) is 5.88. The molecule has 1 unspecified atom stereocenters. The Hall–Kier alpha value is -1.02. The van der Waals surface area contributed by atoms with E-state index in [0.717, 1.165) is 19.6 Å². The summed E-state index contributed by atoms with van der Waals surface area (Å²) in [5.74, 6) is 0. The summed E-state index contributed by atoms with van der Waals surface area (Å²) in [6, 6.07) is 8.49. The predicted octanol–water partition coefficient (Wildman–Crippen LogP) is 3.14. The number of ether oxygens (including phenoxy) is 1. The van der Waals surface area contributed by atoms with Crippen LogP contribution in [0.5, 0.6) is 0 Å². The fourth-order valence-electron chi connectivity index (χ4n) is 2.15. The third kappa shape index (κ3) is 1.86. The van der Waals surface area contributed by atoms with E-state index in [1.165, 1.54) is 17.7 Å². The Kier molecular flexibility index (Phi) is 2.96. The molecule has 2 heteroatoms. The number of epoxide rings is 1. The maximum absolute atomic E-state index is 5.60. The fraction of sp³-hybridized carbons (Fsp3) is 0.538. The lowest BCUT2D eigenvalue weighted by atomic mass is 9.95. The van der Waals surface area contributed by atoms with Crippen LogP contribution < -0.4 is 5.32 Å². The molecule has 0 aromatic heterocycles. The SMILES string of the molecule is CC.c1ccc2c(c1)NCCCC21CO1. The van der Waals surface area contributed by atoms with Crippen LogP contribution in [-0.4, -0.2) is 13.2 Å². The van der Waals surface area contributed by atoms with E-state index >= 15 is 0 Å². The molecule has 1 aromatic carbocycles. The summed E-state index contributed by atoms with van der Waals surface area (Å²) in [7, 11) is 0. The maximum Gasteiger partial charge on any atom is 0.119 e. The number of fused-ring (bicyclic) bond motifs is 2. The second-order valence-electron chi connectivity index (χ2n) is 3.86. The van der Waals surface area contributed by atoms with Crippen molar-refractivity contribution < 1.29 is 4.74 Å². The summed E-state index contributed by atoms with van der Waals surface area (Å²) in [6.07, 6.45) is 2.37. The first-order valence-electron chi connectivity index (χ1n) is 5.88. The zero-order valence-corrected chi connectivity index (χ0v) is 9.55. The summed E-state index contributed by atoms with van der Waals surface area (Å²) < 4.78 is 5.60. The molecule has 1 N–H and O–H groups in total. The van der Waals surface area contributed by atoms with Crippen molar-refractivity contribution in [3.05, 3.63) is 29.8 Å². The second-order valence-corrected chi connectivity index (χ2v) is 3.86. The van der Waals surface area contributed by atoms with Crippen LogP contribution in [0.4, 0.5) is 5.69 Å². The van der Waals surface area contributed by atoms with E-state index in [-0.39, 0.29) is 5.60 Å². The van der Waals surface area contributed by atoms with Gasteiger partial charge in [0, 0.05) is 17.8 Å². The van der Waals surface area contributed by atoms with Crippen LogP contribution >= 0.6 is 0 Å². The topological polar surface area (TPSA) is 24.6 Å². The molecule has 0 bridgehead atoms. The monoisotopic (exact) mass is 205 g/mol. The highest BCUT2D eigenvalue weighted by Gasteiger charge is 2.47. The minimum Gasteiger partial charge on any atom is -0.385 e. The summed E-state index contributed by atoms with van der Waals surface area (Å²) in [5.41, 5.74) is 2.70. The van der Waals surface area contributed by atoms with Crippen LogP contribution in [0.2, 0.25) is 0 Å². The molecule has 2 aliphatic rings. The maximum atomic E-state index is 5.60. The quantitative estimate of drug-likeness (QED) is 0.658. The van der Waals surface area contributed by atoms with Gasteiger partial charge in [-0.3, -0.25) is 0 Å². The average molecular weight is 205 g/mol. The van der Waals surface area contributed by atoms with E-state index in [9.17, 15) is 0 Å². The zero-order valence-electron chi connectivity index (χ0n) is 9.55. The van der Waals surface area contributed by atoms with Crippen molar-refractivity contribution in [3.63, 3.8) is 0 Å². The molecule has 1 spiro atoms. The molecule has 2 aliphatic heterocycles. The number of rotatable bonds is 0. The molecule has 1 aromatic rings. The van der Waals surface area contributed by atoms with Gasteiger partial charge in [0.25, 0.3) is 0 Å². The smallest absolute Gasteiger partial charge is 0.119 e. The van der Waals surface area contributed by atoms with Gasteiger partial charge in [0.1, 0.15) is 5.60 Å².